The van der Waals surface area contributed by atoms with E-state index in [1.807, 2.05) is 48.5 Å². The normalized spacial score (nSPS) is 10.7. The Bertz CT molecular complexity index is 998. The predicted molar refractivity (Wildman–Crippen MR) is 123 cm³/mol. The van der Waals surface area contributed by atoms with Crippen molar-refractivity contribution in [2.75, 3.05) is 28.3 Å². The largest absolute Gasteiger partial charge is 0.464 e. The molecule has 1 heterocycles. The number of rotatable bonds is 6. The van der Waals surface area contributed by atoms with Gasteiger partial charge < -0.3 is 14.0 Å². The molecule has 0 atom stereocenters. The van der Waals surface area contributed by atoms with Gasteiger partial charge in [0.15, 0.2) is 6.73 Å². The summed E-state index contributed by atoms with van der Waals surface area (Å²) in [6, 6.07) is 17.2. The molecule has 1 aromatic heterocycles. The zero-order valence-corrected chi connectivity index (χ0v) is 16.6. The molecule has 0 aliphatic heterocycles. The Morgan fingerprint density at radius 1 is 0.967 bits per heavy atom. The van der Waals surface area contributed by atoms with Crippen molar-refractivity contribution in [1.29, 1.82) is 0 Å². The first-order valence-electron chi connectivity index (χ1n) is 9.03. The minimum atomic E-state index is -0.469. The van der Waals surface area contributed by atoms with Crippen LogP contribution in [0.1, 0.15) is 30.9 Å². The van der Waals surface area contributed by atoms with Crippen molar-refractivity contribution >= 4 is 28.5 Å². The number of ether oxygens (including phenoxy) is 2. The lowest BCUT2D eigenvalue weighted by atomic mass is 10.1. The van der Waals surface area contributed by atoms with Crippen LogP contribution in [0, 0.1) is 0 Å². The molecule has 0 amide bonds. The highest BCUT2D eigenvalue weighted by atomic mass is 16.5. The number of aromatic nitrogens is 1. The highest BCUT2D eigenvalue weighted by molar-refractivity contribution is 5.95. The van der Waals surface area contributed by atoms with Crippen molar-refractivity contribution < 1.29 is 19.1 Å². The quantitative estimate of drug-likeness (QED) is 0.436. The summed E-state index contributed by atoms with van der Waals surface area (Å²) in [6.45, 7) is -0.0479. The predicted octanol–water partition coefficient (Wildman–Crippen LogP) is 4.64. The van der Waals surface area contributed by atoms with Crippen LogP contribution in [0.25, 0.3) is 10.9 Å². The number of para-hydroxylation sites is 1. The monoisotopic (exact) mass is 413 g/mol. The van der Waals surface area contributed by atoms with E-state index in [4.69, 9.17) is 9.47 Å². The van der Waals surface area contributed by atoms with Gasteiger partial charge in [-0.15, -0.1) is 0 Å². The lowest BCUT2D eigenvalue weighted by Gasteiger charge is -2.23. The number of methoxy groups -OCH3 is 1. The molecular weight excluding hydrogens is 380 g/mol. The molecule has 0 bridgehead atoms. The minimum absolute atomic E-state index is 0. The second-order valence-electron chi connectivity index (χ2n) is 7.51. The molecule has 162 valence electrons. The average Bonchev–Trinajstić information content (AvgIpc) is 3.04. The van der Waals surface area contributed by atoms with Gasteiger partial charge in [0.05, 0.1) is 40.2 Å². The first-order valence-corrected chi connectivity index (χ1v) is 9.03. The molecule has 6 heteroatoms. The summed E-state index contributed by atoms with van der Waals surface area (Å²) in [4.78, 5) is 24.4. The standard InChI is InChI=1S/C22H25N2O4.2CH4/c1-24(2,3)18-11-9-16(10-12-18)13-21(25)28-15-23-19-8-6-5-7-17(19)14-20(23)22(26)27-4;;/h5-12,14H,13,15H2,1-4H3;2*1H4/q+1;;. The van der Waals surface area contributed by atoms with Crippen LogP contribution in [0.4, 0.5) is 5.69 Å². The number of fused-ring (bicyclic) bond motifs is 1. The van der Waals surface area contributed by atoms with Gasteiger partial charge in [0, 0.05) is 5.39 Å². The van der Waals surface area contributed by atoms with Gasteiger partial charge in [-0.2, -0.15) is 0 Å². The van der Waals surface area contributed by atoms with Crippen molar-refractivity contribution in [2.45, 2.75) is 28.0 Å². The minimum Gasteiger partial charge on any atom is -0.464 e. The molecule has 0 spiro atoms. The fourth-order valence-corrected chi connectivity index (χ4v) is 3.04. The van der Waals surface area contributed by atoms with Crippen LogP contribution >= 0.6 is 0 Å². The van der Waals surface area contributed by atoms with E-state index in [1.165, 1.54) is 7.11 Å². The van der Waals surface area contributed by atoms with Gasteiger partial charge in [0.1, 0.15) is 11.4 Å². The smallest absolute Gasteiger partial charge is 0.354 e. The van der Waals surface area contributed by atoms with Crippen LogP contribution in [0.2, 0.25) is 0 Å². The third-order valence-corrected chi connectivity index (χ3v) is 4.62. The van der Waals surface area contributed by atoms with E-state index >= 15 is 0 Å². The summed E-state index contributed by atoms with van der Waals surface area (Å²) in [5.41, 5.74) is 3.19. The van der Waals surface area contributed by atoms with Gasteiger partial charge in [-0.25, -0.2) is 4.79 Å². The van der Waals surface area contributed by atoms with Gasteiger partial charge in [-0.3, -0.25) is 9.28 Å². The van der Waals surface area contributed by atoms with E-state index < -0.39 is 5.97 Å². The molecule has 0 saturated carbocycles. The zero-order chi connectivity index (χ0) is 20.3. The molecule has 3 rings (SSSR count). The molecule has 0 aliphatic carbocycles. The van der Waals surface area contributed by atoms with Gasteiger partial charge in [-0.1, -0.05) is 45.2 Å². The first kappa shape index (κ1) is 24.9. The molecule has 0 unspecified atom stereocenters. The molecule has 0 N–H and O–H groups in total. The molecule has 30 heavy (non-hydrogen) atoms. The average molecular weight is 414 g/mol. The molecule has 0 aliphatic rings. The summed E-state index contributed by atoms with van der Waals surface area (Å²) in [6.07, 6.45) is 0.171. The second-order valence-corrected chi connectivity index (χ2v) is 7.51. The number of benzene rings is 2. The third kappa shape index (κ3) is 5.48. The molecule has 2 aromatic carbocycles. The maximum absolute atomic E-state index is 12.3. The lowest BCUT2D eigenvalue weighted by molar-refractivity contribution is -0.146. The zero-order valence-electron chi connectivity index (χ0n) is 16.6. The molecular formula is C24H33N2O4+. The Balaban J connectivity index is 0.00000225. The molecule has 0 saturated heterocycles. The summed E-state index contributed by atoms with van der Waals surface area (Å²) >= 11 is 0. The van der Waals surface area contributed by atoms with Crippen molar-refractivity contribution in [3.8, 4) is 0 Å². The molecule has 0 fully saturated rings. The Labute approximate surface area is 179 Å². The number of esters is 2. The fourth-order valence-electron chi connectivity index (χ4n) is 3.04. The van der Waals surface area contributed by atoms with Crippen LogP contribution in [0.5, 0.6) is 0 Å². The highest BCUT2D eigenvalue weighted by Crippen LogP contribution is 2.21. The van der Waals surface area contributed by atoms with E-state index in [-0.39, 0.29) is 34.0 Å². The number of hydrogen-bond donors (Lipinski definition) is 0. The van der Waals surface area contributed by atoms with Crippen LogP contribution in [0.3, 0.4) is 0 Å². The van der Waals surface area contributed by atoms with Crippen LogP contribution in [-0.4, -0.2) is 44.8 Å². The number of carbonyl (C=O) groups is 2. The van der Waals surface area contributed by atoms with Crippen LogP contribution in [-0.2, 0) is 27.4 Å². The number of hydrogen-bond acceptors (Lipinski definition) is 4. The van der Waals surface area contributed by atoms with Crippen LogP contribution < -0.4 is 4.48 Å². The summed E-state index contributed by atoms with van der Waals surface area (Å²) < 4.78 is 12.7. The SMILES string of the molecule is C.C.COC(=O)c1cc2ccccc2n1COC(=O)Cc1ccc([N+](C)(C)C)cc1. The summed E-state index contributed by atoms with van der Waals surface area (Å²) in [5.74, 6) is -0.824. The third-order valence-electron chi connectivity index (χ3n) is 4.62. The van der Waals surface area contributed by atoms with E-state index in [0.29, 0.717) is 10.2 Å². The number of carbonyl (C=O) groups excluding carboxylic acids is 2. The van der Waals surface area contributed by atoms with Crippen molar-refractivity contribution in [2.24, 2.45) is 0 Å². The maximum Gasteiger partial charge on any atom is 0.354 e. The van der Waals surface area contributed by atoms with Gasteiger partial charge >= 0.3 is 11.9 Å². The van der Waals surface area contributed by atoms with E-state index in [1.54, 1.807) is 10.6 Å². The van der Waals surface area contributed by atoms with Gasteiger partial charge in [0.2, 0.25) is 0 Å². The fraction of sp³-hybridized carbons (Fsp3) is 0.333. The van der Waals surface area contributed by atoms with Crippen molar-refractivity contribution in [1.82, 2.24) is 9.05 Å². The first-order chi connectivity index (χ1) is 13.3. The number of quaternary nitrogens is 1. The van der Waals surface area contributed by atoms with Crippen molar-refractivity contribution in [3.05, 3.63) is 65.9 Å². The van der Waals surface area contributed by atoms with Crippen LogP contribution in [0.15, 0.2) is 54.6 Å². The van der Waals surface area contributed by atoms with Gasteiger partial charge in [-0.05, 0) is 29.8 Å². The Hall–Kier alpha value is -3.12. The molecule has 0 radical (unpaired) electrons. The second kappa shape index (κ2) is 10.1. The Morgan fingerprint density at radius 3 is 2.20 bits per heavy atom. The van der Waals surface area contributed by atoms with E-state index in [0.717, 1.165) is 22.2 Å². The summed E-state index contributed by atoms with van der Waals surface area (Å²) in [5, 5.41) is 0.884. The number of nitrogens with zero attached hydrogens (tertiary/aromatic N) is 2. The summed E-state index contributed by atoms with van der Waals surface area (Å²) in [7, 11) is 7.59. The Morgan fingerprint density at radius 2 is 1.60 bits per heavy atom. The van der Waals surface area contributed by atoms with E-state index in [2.05, 4.69) is 21.1 Å². The maximum atomic E-state index is 12.3. The molecule has 6 nitrogen and oxygen atoms in total. The highest BCUT2D eigenvalue weighted by Gasteiger charge is 2.17. The van der Waals surface area contributed by atoms with Crippen molar-refractivity contribution in [3.63, 3.8) is 0 Å². The van der Waals surface area contributed by atoms with Gasteiger partial charge in [0.25, 0.3) is 0 Å². The Kier molecular flexibility index (Phi) is 8.37. The topological polar surface area (TPSA) is 57.5 Å². The lowest BCUT2D eigenvalue weighted by Crippen LogP contribution is -2.34. The van der Waals surface area contributed by atoms with E-state index in [9.17, 15) is 9.59 Å². The molecule has 3 aromatic rings.